The molecule has 0 fully saturated rings. The van der Waals surface area contributed by atoms with Gasteiger partial charge in [0.1, 0.15) is 0 Å². The number of fused-ring (bicyclic) bond motifs is 1. The molecule has 1 amide bonds. The van der Waals surface area contributed by atoms with Gasteiger partial charge in [0.25, 0.3) is 0 Å². The molecule has 3 rings (SSSR count). The second-order valence-corrected chi connectivity index (χ2v) is 7.03. The average molecular weight is 354 g/mol. The summed E-state index contributed by atoms with van der Waals surface area (Å²) < 4.78 is 2.04. The molecule has 25 heavy (non-hydrogen) atoms. The van der Waals surface area contributed by atoms with E-state index in [2.05, 4.69) is 5.32 Å². The lowest BCUT2D eigenvalue weighted by atomic mass is 10.1. The van der Waals surface area contributed by atoms with Gasteiger partial charge >= 0.3 is 0 Å². The molecule has 130 valence electrons. The molecule has 3 aromatic rings. The van der Waals surface area contributed by atoms with E-state index in [0.717, 1.165) is 22.2 Å². The number of benzene rings is 2. The second-order valence-electron chi connectivity index (χ2n) is 6.04. The normalized spacial score (nSPS) is 12.2. The highest BCUT2D eigenvalue weighted by Crippen LogP contribution is 2.21. The summed E-state index contributed by atoms with van der Waals surface area (Å²) in [5, 5.41) is 14.2. The first-order chi connectivity index (χ1) is 12.1. The van der Waals surface area contributed by atoms with Crippen molar-refractivity contribution in [2.75, 3.05) is 12.3 Å². The summed E-state index contributed by atoms with van der Waals surface area (Å²) in [6.07, 6.45) is 1.29. The van der Waals surface area contributed by atoms with Gasteiger partial charge in [-0.25, -0.2) is 0 Å². The topological polar surface area (TPSA) is 54.3 Å². The number of carbonyl (C=O) groups excluding carboxylic acids is 1. The number of aliphatic hydroxyl groups excluding tert-OH is 1. The molecule has 0 unspecified atom stereocenters. The Balaban J connectivity index is 1.45. The highest BCUT2D eigenvalue weighted by molar-refractivity contribution is 7.99. The molecule has 0 saturated heterocycles. The van der Waals surface area contributed by atoms with Crippen LogP contribution >= 0.6 is 11.8 Å². The average Bonchev–Trinajstić information content (AvgIpc) is 3.01. The predicted octanol–water partition coefficient (Wildman–Crippen LogP) is 3.26. The smallest absolute Gasteiger partial charge is 0.230 e. The molecule has 1 aromatic heterocycles. The molecule has 4 nitrogen and oxygen atoms in total. The summed E-state index contributed by atoms with van der Waals surface area (Å²) in [4.78, 5) is 11.9. The van der Waals surface area contributed by atoms with Crippen molar-refractivity contribution in [3.05, 3.63) is 71.9 Å². The van der Waals surface area contributed by atoms with Crippen molar-refractivity contribution in [3.8, 4) is 0 Å². The summed E-state index contributed by atoms with van der Waals surface area (Å²) in [6, 6.07) is 18.0. The fraction of sp³-hybridized carbons (Fsp3) is 0.250. The molecule has 0 aliphatic rings. The second kappa shape index (κ2) is 8.23. The number of aryl methyl sites for hydroxylation is 1. The van der Waals surface area contributed by atoms with Crippen LogP contribution < -0.4 is 5.32 Å². The number of amides is 1. The highest BCUT2D eigenvalue weighted by atomic mass is 32.2. The van der Waals surface area contributed by atoms with Crippen LogP contribution in [0.1, 0.15) is 17.2 Å². The van der Waals surface area contributed by atoms with Crippen molar-refractivity contribution >= 4 is 28.6 Å². The Hall–Kier alpha value is -2.24. The van der Waals surface area contributed by atoms with Crippen LogP contribution in [0.2, 0.25) is 0 Å². The minimum Gasteiger partial charge on any atom is -0.387 e. The van der Waals surface area contributed by atoms with Crippen molar-refractivity contribution in [2.45, 2.75) is 11.9 Å². The number of nitrogens with zero attached hydrogens (tertiary/aromatic N) is 1. The van der Waals surface area contributed by atoms with Gasteiger partial charge in [-0.2, -0.15) is 0 Å². The Morgan fingerprint density at radius 3 is 2.80 bits per heavy atom. The third-order valence-corrected chi connectivity index (χ3v) is 5.14. The SMILES string of the molecule is Cn1ccc2cc([C@@H](O)CNC(=O)CSCc3ccccc3)ccc21. The van der Waals surface area contributed by atoms with Gasteiger partial charge in [-0.15, -0.1) is 11.8 Å². The van der Waals surface area contributed by atoms with Gasteiger partial charge in [-0.3, -0.25) is 4.79 Å². The van der Waals surface area contributed by atoms with Crippen LogP contribution in [0.15, 0.2) is 60.8 Å². The lowest BCUT2D eigenvalue weighted by molar-refractivity contribution is -0.119. The number of thioether (sulfide) groups is 1. The minimum absolute atomic E-state index is 0.0548. The van der Waals surface area contributed by atoms with Gasteiger partial charge in [-0.1, -0.05) is 36.4 Å². The summed E-state index contributed by atoms with van der Waals surface area (Å²) in [5.41, 5.74) is 3.14. The summed E-state index contributed by atoms with van der Waals surface area (Å²) in [7, 11) is 1.99. The maximum atomic E-state index is 11.9. The van der Waals surface area contributed by atoms with Crippen LogP contribution in [-0.2, 0) is 17.6 Å². The van der Waals surface area contributed by atoms with Crippen LogP contribution in [0.25, 0.3) is 10.9 Å². The van der Waals surface area contributed by atoms with Gasteiger partial charge in [-0.05, 0) is 34.7 Å². The lowest BCUT2D eigenvalue weighted by Crippen LogP contribution is -2.29. The molecule has 1 atom stereocenters. The Morgan fingerprint density at radius 2 is 2.00 bits per heavy atom. The molecule has 5 heteroatoms. The van der Waals surface area contributed by atoms with Gasteiger partial charge in [0.05, 0.1) is 11.9 Å². The third-order valence-electron chi connectivity index (χ3n) is 4.13. The zero-order valence-electron chi connectivity index (χ0n) is 14.2. The molecule has 0 radical (unpaired) electrons. The Bertz CT molecular complexity index is 845. The van der Waals surface area contributed by atoms with E-state index in [4.69, 9.17) is 0 Å². The standard InChI is InChI=1S/C20H22N2O2S/c1-22-10-9-16-11-17(7-8-18(16)22)19(23)12-21-20(24)14-25-13-15-5-3-2-4-6-15/h2-11,19,23H,12-14H2,1H3,(H,21,24)/t19-/m0/s1. The molecular weight excluding hydrogens is 332 g/mol. The number of nitrogens with one attached hydrogen (secondary N) is 1. The summed E-state index contributed by atoms with van der Waals surface area (Å²) in [5.74, 6) is 1.14. The summed E-state index contributed by atoms with van der Waals surface area (Å²) in [6.45, 7) is 0.225. The van der Waals surface area contributed by atoms with E-state index in [1.54, 1.807) is 11.8 Å². The highest BCUT2D eigenvalue weighted by Gasteiger charge is 2.11. The van der Waals surface area contributed by atoms with Crippen molar-refractivity contribution in [1.29, 1.82) is 0 Å². The van der Waals surface area contributed by atoms with E-state index in [9.17, 15) is 9.90 Å². The van der Waals surface area contributed by atoms with Gasteiger partial charge < -0.3 is 15.0 Å². The Kier molecular flexibility index (Phi) is 5.79. The van der Waals surface area contributed by atoms with Gasteiger partial charge in [0, 0.05) is 31.1 Å². The monoisotopic (exact) mass is 354 g/mol. The number of aliphatic hydroxyl groups is 1. The molecule has 0 saturated carbocycles. The maximum absolute atomic E-state index is 11.9. The molecule has 0 spiro atoms. The molecule has 0 bridgehead atoms. The van der Waals surface area contributed by atoms with Crippen LogP contribution in [-0.4, -0.2) is 27.9 Å². The number of hydrogen-bond acceptors (Lipinski definition) is 3. The quantitative estimate of drug-likeness (QED) is 0.685. The van der Waals surface area contributed by atoms with Gasteiger partial charge in [0.2, 0.25) is 5.91 Å². The molecule has 2 N–H and O–H groups in total. The third kappa shape index (κ3) is 4.65. The van der Waals surface area contributed by atoms with Crippen LogP contribution in [0.4, 0.5) is 0 Å². The van der Waals surface area contributed by atoms with Crippen molar-refractivity contribution in [2.24, 2.45) is 7.05 Å². The lowest BCUT2D eigenvalue weighted by Gasteiger charge is -2.13. The first-order valence-corrected chi connectivity index (χ1v) is 9.40. The first-order valence-electron chi connectivity index (χ1n) is 8.25. The zero-order valence-corrected chi connectivity index (χ0v) is 15.0. The van der Waals surface area contributed by atoms with E-state index in [0.29, 0.717) is 5.75 Å². The minimum atomic E-state index is -0.701. The molecule has 1 heterocycles. The van der Waals surface area contributed by atoms with Crippen LogP contribution in [0, 0.1) is 0 Å². The van der Waals surface area contributed by atoms with Crippen LogP contribution in [0.5, 0.6) is 0 Å². The van der Waals surface area contributed by atoms with Crippen molar-refractivity contribution in [3.63, 3.8) is 0 Å². The van der Waals surface area contributed by atoms with Crippen molar-refractivity contribution in [1.82, 2.24) is 9.88 Å². The van der Waals surface area contributed by atoms with E-state index in [-0.39, 0.29) is 12.5 Å². The number of aromatic nitrogens is 1. The van der Waals surface area contributed by atoms with Crippen molar-refractivity contribution < 1.29 is 9.90 Å². The zero-order chi connectivity index (χ0) is 17.6. The van der Waals surface area contributed by atoms with E-state index >= 15 is 0 Å². The summed E-state index contributed by atoms with van der Waals surface area (Å²) >= 11 is 1.57. The van der Waals surface area contributed by atoms with E-state index in [1.165, 1.54) is 5.56 Å². The Labute approximate surface area is 151 Å². The van der Waals surface area contributed by atoms with Crippen LogP contribution in [0.3, 0.4) is 0 Å². The Morgan fingerprint density at radius 1 is 1.20 bits per heavy atom. The fourth-order valence-corrected chi connectivity index (χ4v) is 3.54. The number of carbonyl (C=O) groups is 1. The largest absolute Gasteiger partial charge is 0.387 e. The number of rotatable bonds is 7. The first kappa shape index (κ1) is 17.6. The maximum Gasteiger partial charge on any atom is 0.230 e. The fourth-order valence-electron chi connectivity index (χ4n) is 2.72. The van der Waals surface area contributed by atoms with E-state index in [1.807, 2.05) is 72.4 Å². The van der Waals surface area contributed by atoms with Gasteiger partial charge in [0.15, 0.2) is 0 Å². The molecule has 0 aliphatic carbocycles. The number of hydrogen-bond donors (Lipinski definition) is 2. The predicted molar refractivity (Wildman–Crippen MR) is 103 cm³/mol. The molecule has 2 aromatic carbocycles. The van der Waals surface area contributed by atoms with E-state index < -0.39 is 6.10 Å². The molecular formula is C20H22N2O2S. The molecule has 0 aliphatic heterocycles.